The average Bonchev–Trinajstić information content (AvgIpc) is 3.46. The number of nitrogens with zero attached hydrogens (tertiary/aromatic N) is 4. The van der Waals surface area contributed by atoms with E-state index in [-0.39, 0.29) is 53.7 Å². The Hall–Kier alpha value is -4.69. The van der Waals surface area contributed by atoms with Crippen LogP contribution in [-0.2, 0) is 34.0 Å². The highest BCUT2D eigenvalue weighted by Gasteiger charge is 2.31. The van der Waals surface area contributed by atoms with Gasteiger partial charge in [0.05, 0.1) is 6.20 Å². The Morgan fingerprint density at radius 1 is 1.04 bits per heavy atom. The number of rotatable bonds is 13. The molecule has 0 saturated heterocycles. The molecule has 2 N–H and O–H groups in total. The molecule has 2 heterocycles. The summed E-state index contributed by atoms with van der Waals surface area (Å²) in [4.78, 5) is 50.4. The predicted molar refractivity (Wildman–Crippen MR) is 169 cm³/mol. The van der Waals surface area contributed by atoms with E-state index in [0.29, 0.717) is 43.6 Å². The highest BCUT2D eigenvalue weighted by Crippen LogP contribution is 2.32. The van der Waals surface area contributed by atoms with Crippen LogP contribution in [0.15, 0.2) is 53.6 Å². The lowest BCUT2D eigenvalue weighted by atomic mass is 9.79. The van der Waals surface area contributed by atoms with E-state index in [0.717, 1.165) is 19.3 Å². The molecule has 2 aromatic heterocycles. The molecule has 12 nitrogen and oxygen atoms in total. The fraction of sp³-hybridized carbons (Fsp3) is 0.515. The minimum atomic E-state index is -4.81. The maximum absolute atomic E-state index is 13.0. The van der Waals surface area contributed by atoms with E-state index in [1.54, 1.807) is 22.9 Å². The van der Waals surface area contributed by atoms with E-state index in [2.05, 4.69) is 25.7 Å². The largest absolute Gasteiger partial charge is 0.573 e. The second-order valence-corrected chi connectivity index (χ2v) is 12.9. The SMILES string of the molecule is CC(C)(C)OC(=O)C[C@H]1CCC[C@H](C(=O)Nc2ccn(CCCCn3cc(C(=O)NCc4cccc(OC(F)(F)F)c4)nn3)c(=O)c2)C1. The lowest BCUT2D eigenvalue weighted by Gasteiger charge is -2.29. The first-order chi connectivity index (χ1) is 22.6. The molecule has 0 unspecified atom stereocenters. The number of halogens is 3. The quantitative estimate of drug-likeness (QED) is 0.185. The average molecular weight is 675 g/mol. The number of ether oxygens (including phenoxy) is 2. The highest BCUT2D eigenvalue weighted by atomic mass is 19.4. The number of hydrogen-bond acceptors (Lipinski definition) is 8. The van der Waals surface area contributed by atoms with Crippen LogP contribution in [0.4, 0.5) is 18.9 Å². The highest BCUT2D eigenvalue weighted by molar-refractivity contribution is 5.92. The molecule has 3 aromatic rings. The normalized spacial score (nSPS) is 16.6. The number of benzene rings is 1. The number of alkyl halides is 3. The summed E-state index contributed by atoms with van der Waals surface area (Å²) < 4.78 is 49.7. The van der Waals surface area contributed by atoms with Crippen molar-refractivity contribution in [2.75, 3.05) is 5.32 Å². The Morgan fingerprint density at radius 3 is 2.54 bits per heavy atom. The number of anilines is 1. The monoisotopic (exact) mass is 674 g/mol. The fourth-order valence-electron chi connectivity index (χ4n) is 5.54. The van der Waals surface area contributed by atoms with Gasteiger partial charge in [0, 0.05) is 49.9 Å². The summed E-state index contributed by atoms with van der Waals surface area (Å²) in [5, 5.41) is 13.3. The number of aryl methyl sites for hydroxylation is 2. The molecule has 0 radical (unpaired) electrons. The van der Waals surface area contributed by atoms with Crippen LogP contribution in [0, 0.1) is 11.8 Å². The molecule has 1 aliphatic rings. The molecular formula is C33H41F3N6O6. The number of carbonyl (C=O) groups excluding carboxylic acids is 3. The predicted octanol–water partition coefficient (Wildman–Crippen LogP) is 5.23. The Bertz CT molecular complexity index is 1630. The molecule has 2 amide bonds. The summed E-state index contributed by atoms with van der Waals surface area (Å²) in [7, 11) is 0. The molecule has 4 rings (SSSR count). The summed E-state index contributed by atoms with van der Waals surface area (Å²) in [6.07, 6.45) is 2.88. The zero-order chi connectivity index (χ0) is 34.9. The molecule has 0 aliphatic heterocycles. The van der Waals surface area contributed by atoms with Crippen LogP contribution in [-0.4, -0.2) is 49.3 Å². The Kier molecular flexibility index (Phi) is 12.0. The van der Waals surface area contributed by atoms with Crippen molar-refractivity contribution < 1.29 is 37.0 Å². The maximum Gasteiger partial charge on any atom is 0.573 e. The minimum absolute atomic E-state index is 0.0329. The summed E-state index contributed by atoms with van der Waals surface area (Å²) in [5.74, 6) is -1.49. The van der Waals surface area contributed by atoms with Crippen molar-refractivity contribution in [1.82, 2.24) is 24.9 Å². The Balaban J connectivity index is 1.18. The number of unbranched alkanes of at least 4 members (excludes halogenated alkanes) is 1. The van der Waals surface area contributed by atoms with E-state index in [9.17, 15) is 32.3 Å². The molecule has 0 bridgehead atoms. The van der Waals surface area contributed by atoms with Crippen LogP contribution >= 0.6 is 0 Å². The lowest BCUT2D eigenvalue weighted by molar-refractivity contribution is -0.274. The van der Waals surface area contributed by atoms with Crippen molar-refractivity contribution in [3.8, 4) is 5.75 Å². The van der Waals surface area contributed by atoms with Gasteiger partial charge in [0.1, 0.15) is 11.4 Å². The van der Waals surface area contributed by atoms with E-state index >= 15 is 0 Å². The molecule has 260 valence electrons. The van der Waals surface area contributed by atoms with Gasteiger partial charge in [0.2, 0.25) is 5.91 Å². The maximum atomic E-state index is 13.0. The zero-order valence-corrected chi connectivity index (χ0v) is 27.2. The fourth-order valence-corrected chi connectivity index (χ4v) is 5.54. The standard InChI is InChI=1S/C33H41F3N6O6/c1-32(2,3)48-29(44)18-22-8-6-10-24(16-22)30(45)38-25-12-15-41(28(43)19-25)13-4-5-14-42-21-27(39-40-42)31(46)37-20-23-9-7-11-26(17-23)47-33(34,35)36/h7,9,11-12,15,17,19,21-22,24H,4-6,8,10,13-14,16,18,20H2,1-3H3,(H,37,46)(H,38,45)/t22-,24-/m0/s1. The first-order valence-corrected chi connectivity index (χ1v) is 15.9. The lowest BCUT2D eigenvalue weighted by Crippen LogP contribution is -2.31. The van der Waals surface area contributed by atoms with Gasteiger partial charge in [-0.05, 0) is 82.6 Å². The molecular weight excluding hydrogens is 633 g/mol. The molecule has 2 atom stereocenters. The minimum Gasteiger partial charge on any atom is -0.460 e. The van der Waals surface area contributed by atoms with Gasteiger partial charge in [-0.1, -0.05) is 23.8 Å². The van der Waals surface area contributed by atoms with Gasteiger partial charge in [-0.2, -0.15) is 0 Å². The molecule has 0 spiro atoms. The second-order valence-electron chi connectivity index (χ2n) is 12.9. The van der Waals surface area contributed by atoms with Crippen molar-refractivity contribution in [2.24, 2.45) is 11.8 Å². The van der Waals surface area contributed by atoms with Crippen LogP contribution in [0.2, 0.25) is 0 Å². The van der Waals surface area contributed by atoms with Crippen LogP contribution < -0.4 is 20.9 Å². The summed E-state index contributed by atoms with van der Waals surface area (Å²) in [5.41, 5.74) is 0.0878. The van der Waals surface area contributed by atoms with E-state index in [1.807, 2.05) is 20.8 Å². The number of amides is 2. The van der Waals surface area contributed by atoms with Gasteiger partial charge in [-0.25, -0.2) is 0 Å². The Morgan fingerprint density at radius 2 is 1.81 bits per heavy atom. The van der Waals surface area contributed by atoms with Gasteiger partial charge in [-0.3, -0.25) is 23.9 Å². The number of pyridine rings is 1. The van der Waals surface area contributed by atoms with E-state index in [4.69, 9.17) is 4.74 Å². The van der Waals surface area contributed by atoms with Gasteiger partial charge in [0.25, 0.3) is 11.5 Å². The van der Waals surface area contributed by atoms with Crippen LogP contribution in [0.25, 0.3) is 0 Å². The van der Waals surface area contributed by atoms with Crippen molar-refractivity contribution in [3.05, 3.63) is 70.4 Å². The number of carbonyl (C=O) groups is 3. The number of hydrogen-bond donors (Lipinski definition) is 2. The zero-order valence-electron chi connectivity index (χ0n) is 27.2. The van der Waals surface area contributed by atoms with E-state index < -0.39 is 17.9 Å². The third kappa shape index (κ3) is 11.8. The van der Waals surface area contributed by atoms with Crippen molar-refractivity contribution in [3.63, 3.8) is 0 Å². The van der Waals surface area contributed by atoms with Gasteiger partial charge < -0.3 is 24.7 Å². The molecule has 1 aliphatic carbocycles. The van der Waals surface area contributed by atoms with Gasteiger partial charge in [0.15, 0.2) is 5.69 Å². The number of nitrogens with one attached hydrogen (secondary N) is 2. The van der Waals surface area contributed by atoms with Crippen LogP contribution in [0.3, 0.4) is 0 Å². The Labute approximate surface area is 276 Å². The first-order valence-electron chi connectivity index (χ1n) is 15.9. The summed E-state index contributed by atoms with van der Waals surface area (Å²) >= 11 is 0. The smallest absolute Gasteiger partial charge is 0.460 e. The van der Waals surface area contributed by atoms with E-state index in [1.165, 1.54) is 35.1 Å². The van der Waals surface area contributed by atoms with Crippen LogP contribution in [0.1, 0.15) is 81.8 Å². The third-order valence-electron chi connectivity index (χ3n) is 7.69. The van der Waals surface area contributed by atoms with Crippen molar-refractivity contribution >= 4 is 23.5 Å². The molecule has 15 heteroatoms. The molecule has 1 saturated carbocycles. The third-order valence-corrected chi connectivity index (χ3v) is 7.69. The second kappa shape index (κ2) is 15.9. The topological polar surface area (TPSA) is 146 Å². The van der Waals surface area contributed by atoms with Crippen molar-refractivity contribution in [2.45, 2.75) is 97.3 Å². The van der Waals surface area contributed by atoms with Gasteiger partial charge in [-0.15, -0.1) is 18.3 Å². The summed E-state index contributed by atoms with van der Waals surface area (Å²) in [6, 6.07) is 8.37. The number of esters is 1. The molecule has 1 fully saturated rings. The van der Waals surface area contributed by atoms with Crippen molar-refractivity contribution in [1.29, 1.82) is 0 Å². The number of aromatic nitrogens is 4. The van der Waals surface area contributed by atoms with Crippen LogP contribution in [0.5, 0.6) is 5.75 Å². The van der Waals surface area contributed by atoms with Gasteiger partial charge >= 0.3 is 12.3 Å². The molecule has 1 aromatic carbocycles. The summed E-state index contributed by atoms with van der Waals surface area (Å²) in [6.45, 7) is 6.32. The first kappa shape index (κ1) is 36.2. The molecule has 48 heavy (non-hydrogen) atoms.